The molecule has 9 heteroatoms. The van der Waals surface area contributed by atoms with Gasteiger partial charge in [0.15, 0.2) is 5.82 Å². The van der Waals surface area contributed by atoms with Crippen LogP contribution in [0, 0.1) is 12.3 Å². The number of aromatic nitrogens is 3. The van der Waals surface area contributed by atoms with Crippen molar-refractivity contribution in [1.29, 1.82) is 5.41 Å². The van der Waals surface area contributed by atoms with Crippen molar-refractivity contribution in [2.45, 2.75) is 13.1 Å². The molecule has 0 fully saturated rings. The van der Waals surface area contributed by atoms with Gasteiger partial charge in [-0.15, -0.1) is 0 Å². The monoisotopic (exact) mass is 303 g/mol. The minimum Gasteiger partial charge on any atom is -0.384 e. The Bertz CT molecular complexity index is 658. The summed E-state index contributed by atoms with van der Waals surface area (Å²) in [6.45, 7) is 1.60. The van der Waals surface area contributed by atoms with Crippen molar-refractivity contribution in [2.75, 3.05) is 0 Å². The summed E-state index contributed by atoms with van der Waals surface area (Å²) in [7, 11) is 0. The fraction of sp³-hybridized carbons (Fsp3) is 0.182. The molecule has 0 aromatic carbocycles. The molecule has 2 aromatic rings. The molecule has 0 aliphatic rings. The maximum absolute atomic E-state index is 12.7. The van der Waals surface area contributed by atoms with Crippen LogP contribution in [-0.2, 0) is 6.18 Å². The quantitative estimate of drug-likeness (QED) is 0.661. The van der Waals surface area contributed by atoms with E-state index in [2.05, 4.69) is 10.1 Å². The van der Waals surface area contributed by atoms with Gasteiger partial charge in [-0.25, -0.2) is 9.67 Å². The molecule has 0 unspecified atom stereocenters. The van der Waals surface area contributed by atoms with Gasteiger partial charge in [0.1, 0.15) is 11.5 Å². The number of nitrogens with one attached hydrogen (secondary N) is 1. The van der Waals surface area contributed by atoms with Crippen LogP contribution in [0.2, 0.25) is 5.02 Å². The Labute approximate surface area is 116 Å². The van der Waals surface area contributed by atoms with E-state index in [1.807, 2.05) is 0 Å². The standard InChI is InChI=1S/C11H9ClF3N5/c1-5-7(12)4-20(19-5)10-6(9(16)17)2-3-8(18-10)11(13,14)15/h2-4H,1H3,(H3,16,17). The number of aryl methyl sites for hydroxylation is 1. The zero-order valence-electron chi connectivity index (χ0n) is 10.2. The van der Waals surface area contributed by atoms with Gasteiger partial charge in [0.25, 0.3) is 0 Å². The van der Waals surface area contributed by atoms with Crippen molar-refractivity contribution in [2.24, 2.45) is 5.73 Å². The van der Waals surface area contributed by atoms with E-state index in [9.17, 15) is 13.2 Å². The Morgan fingerprint density at radius 1 is 1.40 bits per heavy atom. The van der Waals surface area contributed by atoms with E-state index in [4.69, 9.17) is 22.7 Å². The van der Waals surface area contributed by atoms with Crippen LogP contribution in [0.15, 0.2) is 18.3 Å². The lowest BCUT2D eigenvalue weighted by Gasteiger charge is -2.11. The Kier molecular flexibility index (Phi) is 3.43. The van der Waals surface area contributed by atoms with E-state index in [0.29, 0.717) is 5.69 Å². The molecule has 2 rings (SSSR count). The zero-order chi connectivity index (χ0) is 15.1. The Morgan fingerprint density at radius 3 is 2.50 bits per heavy atom. The van der Waals surface area contributed by atoms with Gasteiger partial charge in [-0.3, -0.25) is 5.41 Å². The third-order valence-corrected chi connectivity index (χ3v) is 2.88. The van der Waals surface area contributed by atoms with Crippen molar-refractivity contribution in [3.05, 3.63) is 40.3 Å². The first-order valence-corrected chi connectivity index (χ1v) is 5.72. The average Bonchev–Trinajstić information content (AvgIpc) is 2.67. The largest absolute Gasteiger partial charge is 0.433 e. The minimum absolute atomic E-state index is 0.0390. The average molecular weight is 304 g/mol. The topological polar surface area (TPSA) is 80.6 Å². The van der Waals surface area contributed by atoms with Gasteiger partial charge in [0, 0.05) is 0 Å². The number of halogens is 4. The van der Waals surface area contributed by atoms with Gasteiger partial charge in [-0.05, 0) is 19.1 Å². The molecule has 2 heterocycles. The molecule has 5 nitrogen and oxygen atoms in total. The van der Waals surface area contributed by atoms with Gasteiger partial charge < -0.3 is 5.73 Å². The highest BCUT2D eigenvalue weighted by Crippen LogP contribution is 2.29. The Hall–Kier alpha value is -2.09. The first kappa shape index (κ1) is 14.3. The van der Waals surface area contributed by atoms with Crippen molar-refractivity contribution < 1.29 is 13.2 Å². The van der Waals surface area contributed by atoms with Crippen molar-refractivity contribution in [1.82, 2.24) is 14.8 Å². The van der Waals surface area contributed by atoms with Gasteiger partial charge in [-0.2, -0.15) is 18.3 Å². The number of nitrogens with two attached hydrogens (primary N) is 1. The lowest BCUT2D eigenvalue weighted by Crippen LogP contribution is -2.19. The smallest absolute Gasteiger partial charge is 0.384 e. The van der Waals surface area contributed by atoms with Crippen LogP contribution in [0.1, 0.15) is 17.0 Å². The summed E-state index contributed by atoms with van der Waals surface area (Å²) >= 11 is 5.82. The fourth-order valence-electron chi connectivity index (χ4n) is 1.54. The van der Waals surface area contributed by atoms with Crippen molar-refractivity contribution >= 4 is 17.4 Å². The summed E-state index contributed by atoms with van der Waals surface area (Å²) in [5, 5.41) is 11.6. The molecule has 0 saturated carbocycles. The van der Waals surface area contributed by atoms with E-state index in [0.717, 1.165) is 16.8 Å². The van der Waals surface area contributed by atoms with Crippen LogP contribution in [0.3, 0.4) is 0 Å². The SMILES string of the molecule is Cc1nn(-c2nc(C(F)(F)F)ccc2C(=N)N)cc1Cl. The number of nitrogen functional groups attached to an aromatic ring is 1. The predicted octanol–water partition coefficient (Wildman–Crippen LogP) is 2.53. The first-order valence-electron chi connectivity index (χ1n) is 5.35. The molecule has 0 spiro atoms. The minimum atomic E-state index is -4.60. The van der Waals surface area contributed by atoms with Crippen molar-refractivity contribution in [3.63, 3.8) is 0 Å². The molecule has 0 aliphatic carbocycles. The Morgan fingerprint density at radius 2 is 2.05 bits per heavy atom. The lowest BCUT2D eigenvalue weighted by atomic mass is 10.2. The maximum Gasteiger partial charge on any atom is 0.433 e. The number of hydrogen-bond acceptors (Lipinski definition) is 3. The summed E-state index contributed by atoms with van der Waals surface area (Å²) in [5.41, 5.74) is 4.72. The van der Waals surface area contributed by atoms with Gasteiger partial charge in [0.2, 0.25) is 0 Å². The summed E-state index contributed by atoms with van der Waals surface area (Å²) < 4.78 is 39.2. The molecule has 0 amide bonds. The normalized spacial score (nSPS) is 11.7. The maximum atomic E-state index is 12.7. The first-order chi connectivity index (χ1) is 9.20. The van der Waals surface area contributed by atoms with Crippen LogP contribution in [0.4, 0.5) is 13.2 Å². The summed E-state index contributed by atoms with van der Waals surface area (Å²) in [6.07, 6.45) is -3.29. The molecule has 106 valence electrons. The Balaban J connectivity index is 2.67. The molecular weight excluding hydrogens is 295 g/mol. The number of nitrogens with zero attached hydrogens (tertiary/aromatic N) is 3. The predicted molar refractivity (Wildman–Crippen MR) is 67.1 cm³/mol. The second kappa shape index (κ2) is 4.78. The van der Waals surface area contributed by atoms with E-state index in [-0.39, 0.29) is 16.4 Å². The van der Waals surface area contributed by atoms with Crippen LogP contribution in [0.5, 0.6) is 0 Å². The van der Waals surface area contributed by atoms with Crippen LogP contribution < -0.4 is 5.73 Å². The second-order valence-corrected chi connectivity index (χ2v) is 4.39. The van der Waals surface area contributed by atoms with Gasteiger partial charge in [0.05, 0.1) is 22.5 Å². The number of pyridine rings is 1. The summed E-state index contributed by atoms with van der Waals surface area (Å²) in [5.74, 6) is -0.604. The molecule has 0 bridgehead atoms. The van der Waals surface area contributed by atoms with E-state index >= 15 is 0 Å². The number of rotatable bonds is 2. The molecule has 0 atom stereocenters. The van der Waals surface area contributed by atoms with Gasteiger partial charge >= 0.3 is 6.18 Å². The highest BCUT2D eigenvalue weighted by molar-refractivity contribution is 6.31. The summed E-state index contributed by atoms with van der Waals surface area (Å²) in [6, 6.07) is 1.84. The number of alkyl halides is 3. The third-order valence-electron chi connectivity index (χ3n) is 2.51. The second-order valence-electron chi connectivity index (χ2n) is 3.99. The fourth-order valence-corrected chi connectivity index (χ4v) is 1.67. The van der Waals surface area contributed by atoms with Crippen LogP contribution in [0.25, 0.3) is 5.82 Å². The summed E-state index contributed by atoms with van der Waals surface area (Å²) in [4.78, 5) is 3.49. The molecular formula is C11H9ClF3N5. The zero-order valence-corrected chi connectivity index (χ0v) is 10.9. The molecule has 0 aliphatic heterocycles. The molecule has 3 N–H and O–H groups in total. The number of hydrogen-bond donors (Lipinski definition) is 2. The van der Waals surface area contributed by atoms with Crippen LogP contribution in [-0.4, -0.2) is 20.6 Å². The molecule has 0 saturated heterocycles. The highest BCUT2D eigenvalue weighted by atomic mass is 35.5. The van der Waals surface area contributed by atoms with Crippen LogP contribution >= 0.6 is 11.6 Å². The molecule has 2 aromatic heterocycles. The van der Waals surface area contributed by atoms with Gasteiger partial charge in [-0.1, -0.05) is 11.6 Å². The lowest BCUT2D eigenvalue weighted by molar-refractivity contribution is -0.141. The van der Waals surface area contributed by atoms with Crippen molar-refractivity contribution in [3.8, 4) is 5.82 Å². The highest BCUT2D eigenvalue weighted by Gasteiger charge is 2.33. The van der Waals surface area contributed by atoms with E-state index < -0.39 is 17.7 Å². The molecule has 20 heavy (non-hydrogen) atoms. The third kappa shape index (κ3) is 2.60. The number of amidine groups is 1. The molecule has 0 radical (unpaired) electrons. The van der Waals surface area contributed by atoms with E-state index in [1.54, 1.807) is 6.92 Å². The van der Waals surface area contributed by atoms with E-state index in [1.165, 1.54) is 6.20 Å².